The van der Waals surface area contributed by atoms with Crippen molar-refractivity contribution in [3.05, 3.63) is 82.1 Å². The fraction of sp³-hybridized carbons (Fsp3) is 0.355. The van der Waals surface area contributed by atoms with Crippen LogP contribution in [0, 0.1) is 5.82 Å². The Morgan fingerprint density at radius 3 is 2.09 bits per heavy atom. The molecule has 0 aliphatic carbocycles. The SMILES string of the molecule is CCC(C)NC(=O)C(CC)N(Cc1c(Cl)cccc1Cl)C(=O)CN(c1ccc(F)cc1)S(=O)(=O)c1ccc(OC)c(OC)c1. The molecule has 3 rings (SSSR count). The minimum atomic E-state index is -4.44. The van der Waals surface area contributed by atoms with Crippen LogP contribution in [0.15, 0.2) is 65.6 Å². The van der Waals surface area contributed by atoms with Crippen LogP contribution in [0.3, 0.4) is 0 Å². The molecule has 0 fully saturated rings. The molecule has 0 radical (unpaired) electrons. The summed E-state index contributed by atoms with van der Waals surface area (Å²) in [6.45, 7) is 4.61. The van der Waals surface area contributed by atoms with Gasteiger partial charge in [0.1, 0.15) is 18.4 Å². The van der Waals surface area contributed by atoms with E-state index in [1.807, 2.05) is 13.8 Å². The van der Waals surface area contributed by atoms with Gasteiger partial charge in [0, 0.05) is 34.3 Å². The highest BCUT2D eigenvalue weighted by Gasteiger charge is 2.35. The number of rotatable bonds is 14. The number of hydrogen-bond acceptors (Lipinski definition) is 6. The molecule has 3 aromatic rings. The number of sulfonamides is 1. The van der Waals surface area contributed by atoms with Gasteiger partial charge >= 0.3 is 0 Å². The van der Waals surface area contributed by atoms with Crippen molar-refractivity contribution in [2.75, 3.05) is 25.1 Å². The van der Waals surface area contributed by atoms with E-state index < -0.39 is 40.2 Å². The topological polar surface area (TPSA) is 105 Å². The summed E-state index contributed by atoms with van der Waals surface area (Å²) < 4.78 is 53.5. The van der Waals surface area contributed by atoms with E-state index in [9.17, 15) is 22.4 Å². The van der Waals surface area contributed by atoms with Crippen LogP contribution < -0.4 is 19.1 Å². The zero-order valence-electron chi connectivity index (χ0n) is 25.1. The largest absolute Gasteiger partial charge is 0.493 e. The molecule has 0 spiro atoms. The molecule has 0 bridgehead atoms. The Kier molecular flexibility index (Phi) is 12.3. The number of ether oxygens (including phenoxy) is 2. The summed E-state index contributed by atoms with van der Waals surface area (Å²) in [7, 11) is -1.67. The molecule has 0 saturated heterocycles. The van der Waals surface area contributed by atoms with Crippen LogP contribution in [0.4, 0.5) is 10.1 Å². The summed E-state index contributed by atoms with van der Waals surface area (Å²) in [6, 6.07) is 12.4. The van der Waals surface area contributed by atoms with Crippen LogP contribution in [0.2, 0.25) is 10.0 Å². The van der Waals surface area contributed by atoms with Crippen molar-refractivity contribution in [2.45, 2.75) is 57.1 Å². The van der Waals surface area contributed by atoms with E-state index in [1.165, 1.54) is 49.5 Å². The first-order chi connectivity index (χ1) is 20.9. The first kappa shape index (κ1) is 34.9. The number of hydrogen-bond donors (Lipinski definition) is 1. The van der Waals surface area contributed by atoms with Gasteiger partial charge in [-0.25, -0.2) is 12.8 Å². The van der Waals surface area contributed by atoms with E-state index in [4.69, 9.17) is 32.7 Å². The minimum Gasteiger partial charge on any atom is -0.493 e. The Labute approximate surface area is 267 Å². The average molecular weight is 669 g/mol. The van der Waals surface area contributed by atoms with Gasteiger partial charge < -0.3 is 19.7 Å². The fourth-order valence-corrected chi connectivity index (χ4v) is 6.40. The molecule has 0 heterocycles. The Morgan fingerprint density at radius 1 is 0.932 bits per heavy atom. The fourth-order valence-electron chi connectivity index (χ4n) is 4.45. The Bertz CT molecular complexity index is 1550. The molecule has 44 heavy (non-hydrogen) atoms. The molecule has 3 aromatic carbocycles. The zero-order valence-corrected chi connectivity index (χ0v) is 27.5. The predicted molar refractivity (Wildman–Crippen MR) is 169 cm³/mol. The number of halogens is 3. The summed E-state index contributed by atoms with van der Waals surface area (Å²) in [6.07, 6.45) is 0.878. The molecule has 0 aliphatic rings. The van der Waals surface area contributed by atoms with E-state index in [1.54, 1.807) is 25.1 Å². The molecule has 0 saturated carbocycles. The quantitative estimate of drug-likeness (QED) is 0.224. The van der Waals surface area contributed by atoms with Crippen molar-refractivity contribution < 1.29 is 31.9 Å². The Hall–Kier alpha value is -3.54. The highest BCUT2D eigenvalue weighted by atomic mass is 35.5. The second-order valence-corrected chi connectivity index (χ2v) is 12.6. The van der Waals surface area contributed by atoms with E-state index in [2.05, 4.69) is 5.32 Å². The lowest BCUT2D eigenvalue weighted by atomic mass is 10.1. The van der Waals surface area contributed by atoms with Gasteiger partial charge in [-0.15, -0.1) is 0 Å². The third-order valence-electron chi connectivity index (χ3n) is 7.11. The second kappa shape index (κ2) is 15.5. The van der Waals surface area contributed by atoms with Crippen LogP contribution >= 0.6 is 23.2 Å². The van der Waals surface area contributed by atoms with Crippen LogP contribution in [0.1, 0.15) is 39.2 Å². The summed E-state index contributed by atoms with van der Waals surface area (Å²) >= 11 is 12.9. The monoisotopic (exact) mass is 667 g/mol. The maximum absolute atomic E-state index is 14.2. The average Bonchev–Trinajstić information content (AvgIpc) is 3.00. The van der Waals surface area contributed by atoms with Crippen molar-refractivity contribution in [1.82, 2.24) is 10.2 Å². The van der Waals surface area contributed by atoms with E-state index in [0.717, 1.165) is 16.4 Å². The van der Waals surface area contributed by atoms with Gasteiger partial charge in [0.2, 0.25) is 11.8 Å². The zero-order chi connectivity index (χ0) is 32.6. The molecule has 13 heteroatoms. The van der Waals surface area contributed by atoms with Gasteiger partial charge in [0.05, 0.1) is 24.8 Å². The van der Waals surface area contributed by atoms with Crippen LogP contribution in [0.25, 0.3) is 0 Å². The molecule has 2 amide bonds. The highest BCUT2D eigenvalue weighted by molar-refractivity contribution is 7.92. The lowest BCUT2D eigenvalue weighted by Gasteiger charge is -2.34. The van der Waals surface area contributed by atoms with Crippen molar-refractivity contribution >= 4 is 50.7 Å². The number of benzene rings is 3. The van der Waals surface area contributed by atoms with Gasteiger partial charge in [-0.3, -0.25) is 13.9 Å². The second-order valence-electron chi connectivity index (χ2n) is 9.97. The number of amides is 2. The standard InChI is InChI=1S/C31H36Cl2FN3O6S/c1-6-20(3)35-31(39)27(7-2)36(18-24-25(32)9-8-10-26(24)33)30(38)19-37(22-13-11-21(34)12-14-22)44(40,41)23-15-16-28(42-4)29(17-23)43-5/h8-17,20,27H,6-7,18-19H2,1-5H3,(H,35,39). The molecule has 238 valence electrons. The van der Waals surface area contributed by atoms with Gasteiger partial charge in [-0.1, -0.05) is 43.1 Å². The normalized spacial score (nSPS) is 12.6. The molecule has 0 aliphatic heterocycles. The Balaban J connectivity index is 2.13. The summed E-state index contributed by atoms with van der Waals surface area (Å²) in [4.78, 5) is 28.7. The smallest absolute Gasteiger partial charge is 0.264 e. The van der Waals surface area contributed by atoms with Crippen molar-refractivity contribution in [3.63, 3.8) is 0 Å². The predicted octanol–water partition coefficient (Wildman–Crippen LogP) is 6.07. The minimum absolute atomic E-state index is 0.0300. The molecule has 9 nitrogen and oxygen atoms in total. The van der Waals surface area contributed by atoms with Gasteiger partial charge in [-0.2, -0.15) is 0 Å². The van der Waals surface area contributed by atoms with Crippen molar-refractivity contribution in [3.8, 4) is 11.5 Å². The van der Waals surface area contributed by atoms with Crippen molar-refractivity contribution in [1.29, 1.82) is 0 Å². The van der Waals surface area contributed by atoms with Crippen LogP contribution in [-0.2, 0) is 26.2 Å². The van der Waals surface area contributed by atoms with Gasteiger partial charge in [0.25, 0.3) is 10.0 Å². The van der Waals surface area contributed by atoms with Crippen LogP contribution in [-0.4, -0.2) is 58.0 Å². The highest BCUT2D eigenvalue weighted by Crippen LogP contribution is 2.33. The maximum Gasteiger partial charge on any atom is 0.264 e. The third-order valence-corrected chi connectivity index (χ3v) is 9.59. The third kappa shape index (κ3) is 8.13. The lowest BCUT2D eigenvalue weighted by Crippen LogP contribution is -2.53. The molecule has 1 N–H and O–H groups in total. The molecule has 2 atom stereocenters. The summed E-state index contributed by atoms with van der Waals surface area (Å²) in [5.74, 6) is -1.25. The van der Waals surface area contributed by atoms with Gasteiger partial charge in [-0.05, 0) is 68.3 Å². The molecule has 0 aromatic heterocycles. The van der Waals surface area contributed by atoms with Gasteiger partial charge in [0.15, 0.2) is 11.5 Å². The number of carbonyl (C=O) groups excluding carboxylic acids is 2. The van der Waals surface area contributed by atoms with E-state index in [-0.39, 0.29) is 45.4 Å². The number of carbonyl (C=O) groups is 2. The first-order valence-corrected chi connectivity index (χ1v) is 16.1. The molecular formula is C31H36Cl2FN3O6S. The molecule has 2 unspecified atom stereocenters. The first-order valence-electron chi connectivity index (χ1n) is 13.9. The Morgan fingerprint density at radius 2 is 1.55 bits per heavy atom. The summed E-state index contributed by atoms with van der Waals surface area (Å²) in [5, 5.41) is 3.46. The van der Waals surface area contributed by atoms with Crippen molar-refractivity contribution in [2.24, 2.45) is 0 Å². The maximum atomic E-state index is 14.2. The number of nitrogens with one attached hydrogen (secondary N) is 1. The lowest BCUT2D eigenvalue weighted by molar-refractivity contribution is -0.140. The van der Waals surface area contributed by atoms with E-state index in [0.29, 0.717) is 17.7 Å². The number of anilines is 1. The number of methoxy groups -OCH3 is 2. The van der Waals surface area contributed by atoms with E-state index >= 15 is 0 Å². The number of nitrogens with zero attached hydrogens (tertiary/aromatic N) is 2. The summed E-state index contributed by atoms with van der Waals surface area (Å²) in [5.41, 5.74) is 0.428. The van der Waals surface area contributed by atoms with Crippen LogP contribution in [0.5, 0.6) is 11.5 Å². The molecular weight excluding hydrogens is 632 g/mol.